The van der Waals surface area contributed by atoms with Crippen molar-refractivity contribution < 1.29 is 9.90 Å². The molecule has 1 heterocycles. The molecule has 0 fully saturated rings. The second-order valence-electron chi connectivity index (χ2n) is 6.32. The molecule has 0 saturated heterocycles. The number of aromatic nitrogens is 2. The number of nitrogens with zero attached hydrogens (tertiary/aromatic N) is 2. The van der Waals surface area contributed by atoms with E-state index in [1.165, 1.54) is 16.3 Å². The average molecular weight is 452 g/mol. The molecule has 3 rings (SSSR count). The summed E-state index contributed by atoms with van der Waals surface area (Å²) in [4.78, 5) is 30.1. The number of nitrogens with one attached hydrogen (secondary N) is 1. The van der Waals surface area contributed by atoms with Crippen LogP contribution in [0.4, 0.5) is 5.69 Å². The molecule has 0 aliphatic rings. The van der Waals surface area contributed by atoms with Crippen molar-refractivity contribution in [1.82, 2.24) is 9.55 Å². The minimum atomic E-state index is -0.546. The van der Waals surface area contributed by atoms with E-state index >= 15 is 0 Å². The summed E-state index contributed by atoms with van der Waals surface area (Å²) < 4.78 is 1.50. The highest BCUT2D eigenvalue weighted by atomic mass is 35.5. The maximum Gasteiger partial charge on any atom is 0.262 e. The second-order valence-corrected chi connectivity index (χ2v) is 8.47. The van der Waals surface area contributed by atoms with Gasteiger partial charge < -0.3 is 10.4 Å². The van der Waals surface area contributed by atoms with E-state index in [-0.39, 0.29) is 18.1 Å². The lowest BCUT2D eigenvalue weighted by Gasteiger charge is -2.16. The second kappa shape index (κ2) is 9.63. The zero-order valence-electron chi connectivity index (χ0n) is 15.6. The van der Waals surface area contributed by atoms with Gasteiger partial charge in [0.1, 0.15) is 0 Å². The van der Waals surface area contributed by atoms with Crippen LogP contribution in [-0.2, 0) is 11.3 Å². The number of amides is 1. The lowest BCUT2D eigenvalue weighted by atomic mass is 10.2. The summed E-state index contributed by atoms with van der Waals surface area (Å²) in [5, 5.41) is 13.1. The minimum Gasteiger partial charge on any atom is -0.396 e. The number of thioether (sulfide) groups is 1. The maximum absolute atomic E-state index is 12.9. The van der Waals surface area contributed by atoms with Gasteiger partial charge in [-0.25, -0.2) is 4.98 Å². The van der Waals surface area contributed by atoms with E-state index in [0.717, 1.165) is 0 Å². The third kappa shape index (κ3) is 5.11. The van der Waals surface area contributed by atoms with Gasteiger partial charge in [0.25, 0.3) is 5.56 Å². The molecule has 1 aromatic heterocycles. The Bertz CT molecular complexity index is 1100. The number of carbonyl (C=O) groups excluding carboxylic acids is 1. The van der Waals surface area contributed by atoms with Crippen molar-refractivity contribution >= 4 is 57.5 Å². The van der Waals surface area contributed by atoms with Crippen LogP contribution in [0.5, 0.6) is 0 Å². The topological polar surface area (TPSA) is 84.2 Å². The monoisotopic (exact) mass is 451 g/mol. The largest absolute Gasteiger partial charge is 0.396 e. The van der Waals surface area contributed by atoms with Crippen LogP contribution in [0.2, 0.25) is 10.0 Å². The molecule has 152 valence electrons. The summed E-state index contributed by atoms with van der Waals surface area (Å²) in [6.45, 7) is 1.99. The van der Waals surface area contributed by atoms with Crippen molar-refractivity contribution in [3.63, 3.8) is 0 Å². The van der Waals surface area contributed by atoms with E-state index in [0.29, 0.717) is 44.8 Å². The first-order chi connectivity index (χ1) is 13.9. The van der Waals surface area contributed by atoms with Gasteiger partial charge >= 0.3 is 0 Å². The Morgan fingerprint density at radius 3 is 2.76 bits per heavy atom. The number of halogens is 2. The fraction of sp³-hybridized carbons (Fsp3) is 0.250. The molecule has 1 atom stereocenters. The van der Waals surface area contributed by atoms with Gasteiger partial charge in [-0.2, -0.15) is 0 Å². The van der Waals surface area contributed by atoms with E-state index in [1.54, 1.807) is 49.4 Å². The third-order valence-corrected chi connectivity index (χ3v) is 5.84. The summed E-state index contributed by atoms with van der Waals surface area (Å²) in [7, 11) is 0. The smallest absolute Gasteiger partial charge is 0.262 e. The first-order valence-corrected chi connectivity index (χ1v) is 10.6. The van der Waals surface area contributed by atoms with Crippen molar-refractivity contribution in [2.45, 2.75) is 30.3 Å². The highest BCUT2D eigenvalue weighted by molar-refractivity contribution is 8.00. The normalized spacial score (nSPS) is 12.1. The van der Waals surface area contributed by atoms with Gasteiger partial charge in [0, 0.05) is 18.2 Å². The molecule has 2 N–H and O–H groups in total. The molecule has 0 saturated carbocycles. The van der Waals surface area contributed by atoms with Gasteiger partial charge in [0.15, 0.2) is 5.16 Å². The molecule has 6 nitrogen and oxygen atoms in total. The number of aliphatic hydroxyl groups excluding tert-OH is 1. The predicted octanol–water partition coefficient (Wildman–Crippen LogP) is 4.21. The number of benzene rings is 2. The predicted molar refractivity (Wildman–Crippen MR) is 118 cm³/mol. The number of aliphatic hydroxyl groups is 1. The van der Waals surface area contributed by atoms with Crippen LogP contribution in [0.3, 0.4) is 0 Å². The number of para-hydroxylation sites is 1. The molecule has 29 heavy (non-hydrogen) atoms. The van der Waals surface area contributed by atoms with Gasteiger partial charge in [-0.05, 0) is 43.7 Å². The third-order valence-electron chi connectivity index (χ3n) is 4.21. The van der Waals surface area contributed by atoms with Crippen molar-refractivity contribution in [3.05, 3.63) is 62.9 Å². The highest BCUT2D eigenvalue weighted by Crippen LogP contribution is 2.28. The molecule has 0 bridgehead atoms. The summed E-state index contributed by atoms with van der Waals surface area (Å²) in [5.41, 5.74) is 0.825. The van der Waals surface area contributed by atoms with Crippen molar-refractivity contribution in [3.8, 4) is 0 Å². The Morgan fingerprint density at radius 1 is 1.28 bits per heavy atom. The summed E-state index contributed by atoms with van der Waals surface area (Å²) in [6, 6.07) is 11.9. The van der Waals surface area contributed by atoms with E-state index < -0.39 is 5.25 Å². The average Bonchev–Trinajstić information content (AvgIpc) is 2.70. The lowest BCUT2D eigenvalue weighted by Crippen LogP contribution is -2.27. The zero-order valence-corrected chi connectivity index (χ0v) is 17.9. The van der Waals surface area contributed by atoms with Crippen LogP contribution in [0.25, 0.3) is 10.9 Å². The van der Waals surface area contributed by atoms with Crippen LogP contribution in [0.15, 0.2) is 52.4 Å². The number of anilines is 1. The Hall–Kier alpha value is -2.06. The van der Waals surface area contributed by atoms with Gasteiger partial charge in [0.2, 0.25) is 5.91 Å². The summed E-state index contributed by atoms with van der Waals surface area (Å²) in [6.07, 6.45) is 0.411. The van der Waals surface area contributed by atoms with Crippen molar-refractivity contribution in [1.29, 1.82) is 0 Å². The zero-order chi connectivity index (χ0) is 21.0. The molecule has 9 heteroatoms. The van der Waals surface area contributed by atoms with Crippen LogP contribution in [0.1, 0.15) is 13.3 Å². The standard InChI is InChI=1S/C20H19Cl2N3O3S/c1-12(18(27)23-17-8-7-13(21)11-15(17)22)29-20-24-16-6-3-2-5-14(16)19(28)25(20)9-4-10-26/h2-3,5-8,11-12,26H,4,9-10H2,1H3,(H,23,27)/t12-/m0/s1. The van der Waals surface area contributed by atoms with E-state index in [1.807, 2.05) is 0 Å². The lowest BCUT2D eigenvalue weighted by molar-refractivity contribution is -0.115. The van der Waals surface area contributed by atoms with Gasteiger partial charge in [0.05, 0.1) is 26.9 Å². The molecule has 0 aliphatic heterocycles. The quantitative estimate of drug-likeness (QED) is 0.415. The van der Waals surface area contributed by atoms with Crippen LogP contribution >= 0.6 is 35.0 Å². The fourth-order valence-corrected chi connectivity index (χ4v) is 4.09. The number of carbonyl (C=O) groups is 1. The summed E-state index contributed by atoms with van der Waals surface area (Å²) in [5.74, 6) is -0.282. The minimum absolute atomic E-state index is 0.0471. The Kier molecular flexibility index (Phi) is 7.18. The van der Waals surface area contributed by atoms with E-state index in [4.69, 9.17) is 23.2 Å². The van der Waals surface area contributed by atoms with Gasteiger partial charge in [-0.3, -0.25) is 14.2 Å². The first-order valence-electron chi connectivity index (χ1n) is 8.93. The molecule has 0 spiro atoms. The van der Waals surface area contributed by atoms with Crippen LogP contribution in [0, 0.1) is 0 Å². The fourth-order valence-electron chi connectivity index (χ4n) is 2.70. The van der Waals surface area contributed by atoms with Crippen LogP contribution < -0.4 is 10.9 Å². The number of hydrogen-bond donors (Lipinski definition) is 2. The van der Waals surface area contributed by atoms with Crippen molar-refractivity contribution in [2.24, 2.45) is 0 Å². The number of fused-ring (bicyclic) bond motifs is 1. The molecule has 0 aliphatic carbocycles. The molecule has 3 aromatic rings. The van der Waals surface area contributed by atoms with Crippen molar-refractivity contribution in [2.75, 3.05) is 11.9 Å². The molecule has 0 unspecified atom stereocenters. The number of hydrogen-bond acceptors (Lipinski definition) is 5. The van der Waals surface area contributed by atoms with Gasteiger partial charge in [-0.1, -0.05) is 47.1 Å². The first kappa shape index (κ1) is 21.6. The van der Waals surface area contributed by atoms with Crippen LogP contribution in [-0.4, -0.2) is 32.4 Å². The molecule has 1 amide bonds. The number of rotatable bonds is 7. The molecular formula is C20H19Cl2N3O3S. The van der Waals surface area contributed by atoms with Gasteiger partial charge in [-0.15, -0.1) is 0 Å². The SMILES string of the molecule is C[C@H](Sc1nc2ccccc2c(=O)n1CCCO)C(=O)Nc1ccc(Cl)cc1Cl. The Labute approximate surface area is 181 Å². The van der Waals surface area contributed by atoms with E-state index in [9.17, 15) is 14.7 Å². The Morgan fingerprint density at radius 2 is 2.03 bits per heavy atom. The maximum atomic E-state index is 12.9. The van der Waals surface area contributed by atoms with E-state index in [2.05, 4.69) is 10.3 Å². The summed E-state index contributed by atoms with van der Waals surface area (Å²) >= 11 is 13.2. The molecule has 2 aromatic carbocycles. The molecular weight excluding hydrogens is 433 g/mol. The Balaban J connectivity index is 1.87. The molecule has 0 radical (unpaired) electrons. The highest BCUT2D eigenvalue weighted by Gasteiger charge is 2.20.